The van der Waals surface area contributed by atoms with Crippen LogP contribution in [0.2, 0.25) is 0 Å². The van der Waals surface area contributed by atoms with Gasteiger partial charge in [-0.2, -0.15) is 0 Å². The SMILES string of the molecule is CCCC(C)(C)c1cccc(CN=[N+]=[N-])n1. The summed E-state index contributed by atoms with van der Waals surface area (Å²) < 4.78 is 0. The fraction of sp³-hybridized carbons (Fsp3) is 0.583. The number of rotatable bonds is 5. The predicted molar refractivity (Wildman–Crippen MR) is 65.0 cm³/mol. The number of aromatic nitrogens is 1. The Kier molecular flexibility index (Phi) is 4.32. The zero-order valence-electron chi connectivity index (χ0n) is 10.1. The first-order chi connectivity index (χ1) is 7.60. The van der Waals surface area contributed by atoms with Gasteiger partial charge in [0.1, 0.15) is 0 Å². The summed E-state index contributed by atoms with van der Waals surface area (Å²) in [5.41, 5.74) is 10.3. The van der Waals surface area contributed by atoms with Gasteiger partial charge < -0.3 is 0 Å². The maximum absolute atomic E-state index is 8.27. The Morgan fingerprint density at radius 1 is 1.44 bits per heavy atom. The van der Waals surface area contributed by atoms with E-state index in [1.165, 1.54) is 0 Å². The van der Waals surface area contributed by atoms with Crippen molar-refractivity contribution < 1.29 is 0 Å². The molecule has 0 aliphatic heterocycles. The third-order valence-electron chi connectivity index (χ3n) is 2.67. The third-order valence-corrected chi connectivity index (χ3v) is 2.67. The molecule has 1 aromatic heterocycles. The first kappa shape index (κ1) is 12.5. The molecule has 0 aliphatic rings. The molecule has 0 N–H and O–H groups in total. The average molecular weight is 218 g/mol. The van der Waals surface area contributed by atoms with Crippen molar-refractivity contribution in [2.75, 3.05) is 0 Å². The second kappa shape index (κ2) is 5.52. The number of hydrogen-bond acceptors (Lipinski definition) is 2. The molecular formula is C12H18N4. The molecule has 4 heteroatoms. The molecule has 4 nitrogen and oxygen atoms in total. The van der Waals surface area contributed by atoms with Crippen LogP contribution in [-0.4, -0.2) is 4.98 Å². The minimum absolute atomic E-state index is 0.0844. The van der Waals surface area contributed by atoms with Gasteiger partial charge in [-0.25, -0.2) is 0 Å². The van der Waals surface area contributed by atoms with Crippen molar-refractivity contribution >= 4 is 0 Å². The van der Waals surface area contributed by atoms with E-state index in [1.54, 1.807) is 0 Å². The lowest BCUT2D eigenvalue weighted by Crippen LogP contribution is -2.18. The van der Waals surface area contributed by atoms with E-state index >= 15 is 0 Å². The third kappa shape index (κ3) is 3.24. The Balaban J connectivity index is 2.92. The molecule has 0 spiro atoms. The molecule has 86 valence electrons. The number of nitrogens with zero attached hydrogens (tertiary/aromatic N) is 4. The van der Waals surface area contributed by atoms with Gasteiger partial charge in [0.05, 0.1) is 6.54 Å². The highest BCUT2D eigenvalue weighted by Crippen LogP contribution is 2.26. The van der Waals surface area contributed by atoms with Gasteiger partial charge in [0.25, 0.3) is 0 Å². The maximum atomic E-state index is 8.27. The van der Waals surface area contributed by atoms with Gasteiger partial charge >= 0.3 is 0 Å². The van der Waals surface area contributed by atoms with Crippen molar-refractivity contribution in [2.45, 2.75) is 45.6 Å². The van der Waals surface area contributed by atoms with Crippen LogP contribution in [-0.2, 0) is 12.0 Å². The zero-order chi connectivity index (χ0) is 12.0. The molecule has 0 bridgehead atoms. The summed E-state index contributed by atoms with van der Waals surface area (Å²) >= 11 is 0. The standard InChI is InChI=1S/C12H18N4/c1-4-8-12(2,3)11-7-5-6-10(15-11)9-14-16-13/h5-7H,4,8-9H2,1-3H3. The molecule has 1 rings (SSSR count). The Hall–Kier alpha value is -1.54. The smallest absolute Gasteiger partial charge is 0.0684 e. The molecule has 0 fully saturated rings. The summed E-state index contributed by atoms with van der Waals surface area (Å²) in [6, 6.07) is 5.90. The van der Waals surface area contributed by atoms with Crippen LogP contribution in [0.3, 0.4) is 0 Å². The topological polar surface area (TPSA) is 61.7 Å². The van der Waals surface area contributed by atoms with Gasteiger partial charge in [-0.05, 0) is 24.1 Å². The largest absolute Gasteiger partial charge is 0.257 e. The van der Waals surface area contributed by atoms with Crippen LogP contribution < -0.4 is 0 Å². The first-order valence-corrected chi connectivity index (χ1v) is 5.57. The number of hydrogen-bond donors (Lipinski definition) is 0. The highest BCUT2D eigenvalue weighted by Gasteiger charge is 2.20. The van der Waals surface area contributed by atoms with Crippen molar-refractivity contribution in [2.24, 2.45) is 5.11 Å². The average Bonchev–Trinajstić information content (AvgIpc) is 2.27. The second-order valence-electron chi connectivity index (χ2n) is 4.54. The molecule has 1 heterocycles. The highest BCUT2D eigenvalue weighted by atomic mass is 15.1. The summed E-state index contributed by atoms with van der Waals surface area (Å²) in [6.07, 6.45) is 2.24. The zero-order valence-corrected chi connectivity index (χ0v) is 10.1. The van der Waals surface area contributed by atoms with Gasteiger partial charge in [-0.3, -0.25) is 4.98 Å². The van der Waals surface area contributed by atoms with Gasteiger partial charge in [0.15, 0.2) is 0 Å². The molecule has 0 atom stereocenters. The number of azide groups is 1. The van der Waals surface area contributed by atoms with Crippen molar-refractivity contribution in [3.63, 3.8) is 0 Å². The predicted octanol–water partition coefficient (Wildman–Crippen LogP) is 3.97. The second-order valence-corrected chi connectivity index (χ2v) is 4.54. The van der Waals surface area contributed by atoms with Crippen LogP contribution in [0.1, 0.15) is 45.0 Å². The Morgan fingerprint density at radius 2 is 2.19 bits per heavy atom. The van der Waals surface area contributed by atoms with E-state index in [-0.39, 0.29) is 5.41 Å². The van der Waals surface area contributed by atoms with Crippen molar-refractivity contribution in [1.29, 1.82) is 0 Å². The Labute approximate surface area is 96.3 Å². The van der Waals surface area contributed by atoms with Crippen LogP contribution in [0.4, 0.5) is 0 Å². The Morgan fingerprint density at radius 3 is 2.81 bits per heavy atom. The molecule has 0 amide bonds. The van der Waals surface area contributed by atoms with E-state index in [0.717, 1.165) is 24.2 Å². The molecule has 16 heavy (non-hydrogen) atoms. The quantitative estimate of drug-likeness (QED) is 0.419. The molecule has 0 radical (unpaired) electrons. The van der Waals surface area contributed by atoms with E-state index in [4.69, 9.17) is 5.53 Å². The molecule has 0 saturated heterocycles. The summed E-state index contributed by atoms with van der Waals surface area (Å²) in [4.78, 5) is 7.28. The summed E-state index contributed by atoms with van der Waals surface area (Å²) in [5.74, 6) is 0. The maximum Gasteiger partial charge on any atom is 0.0684 e. The molecule has 0 unspecified atom stereocenters. The van der Waals surface area contributed by atoms with E-state index in [9.17, 15) is 0 Å². The molecule has 0 saturated carbocycles. The molecule has 1 aromatic rings. The molecular weight excluding hydrogens is 200 g/mol. The summed E-state index contributed by atoms with van der Waals surface area (Å²) in [5, 5.41) is 3.53. The van der Waals surface area contributed by atoms with Gasteiger partial charge in [0.2, 0.25) is 0 Å². The van der Waals surface area contributed by atoms with Crippen LogP contribution in [0, 0.1) is 0 Å². The van der Waals surface area contributed by atoms with Crippen LogP contribution >= 0.6 is 0 Å². The molecule has 0 aromatic carbocycles. The minimum Gasteiger partial charge on any atom is -0.257 e. The van der Waals surface area contributed by atoms with Crippen LogP contribution in [0.25, 0.3) is 10.4 Å². The van der Waals surface area contributed by atoms with E-state index in [0.29, 0.717) is 6.54 Å². The summed E-state index contributed by atoms with van der Waals surface area (Å²) in [7, 11) is 0. The van der Waals surface area contributed by atoms with Crippen molar-refractivity contribution in [3.8, 4) is 0 Å². The van der Waals surface area contributed by atoms with Gasteiger partial charge in [-0.15, -0.1) is 0 Å². The van der Waals surface area contributed by atoms with E-state index < -0.39 is 0 Å². The van der Waals surface area contributed by atoms with Crippen LogP contribution in [0.15, 0.2) is 23.3 Å². The fourth-order valence-corrected chi connectivity index (χ4v) is 1.80. The van der Waals surface area contributed by atoms with Gasteiger partial charge in [-0.1, -0.05) is 38.4 Å². The van der Waals surface area contributed by atoms with E-state index in [1.807, 2.05) is 18.2 Å². The highest BCUT2D eigenvalue weighted by molar-refractivity contribution is 5.18. The monoisotopic (exact) mass is 218 g/mol. The fourth-order valence-electron chi connectivity index (χ4n) is 1.80. The van der Waals surface area contributed by atoms with Gasteiger partial charge in [0, 0.05) is 21.7 Å². The lowest BCUT2D eigenvalue weighted by atomic mass is 9.84. The normalized spacial score (nSPS) is 10.9. The number of pyridine rings is 1. The Bertz CT molecular complexity index is 392. The van der Waals surface area contributed by atoms with Crippen molar-refractivity contribution in [3.05, 3.63) is 40.0 Å². The minimum atomic E-state index is 0.0844. The summed E-state index contributed by atoms with van der Waals surface area (Å²) in [6.45, 7) is 6.88. The van der Waals surface area contributed by atoms with Crippen molar-refractivity contribution in [1.82, 2.24) is 4.98 Å². The van der Waals surface area contributed by atoms with E-state index in [2.05, 4.69) is 35.8 Å². The molecule has 0 aliphatic carbocycles. The lowest BCUT2D eigenvalue weighted by molar-refractivity contribution is 0.458. The van der Waals surface area contributed by atoms with Crippen LogP contribution in [0.5, 0.6) is 0 Å². The lowest BCUT2D eigenvalue weighted by Gasteiger charge is -2.23. The first-order valence-electron chi connectivity index (χ1n) is 5.57.